The highest BCUT2D eigenvalue weighted by Crippen LogP contribution is 2.33. The van der Waals surface area contributed by atoms with Crippen LogP contribution >= 0.6 is 22.9 Å². The number of anilines is 2. The summed E-state index contributed by atoms with van der Waals surface area (Å²) in [5, 5.41) is 10.8. The highest BCUT2D eigenvalue weighted by Gasteiger charge is 2.21. The number of methoxy groups -OCH3 is 1. The van der Waals surface area contributed by atoms with Crippen LogP contribution in [0, 0.1) is 11.8 Å². The van der Waals surface area contributed by atoms with Crippen molar-refractivity contribution in [2.75, 3.05) is 37.4 Å². The summed E-state index contributed by atoms with van der Waals surface area (Å²) in [7, 11) is 1.71. The van der Waals surface area contributed by atoms with Gasteiger partial charge in [0.2, 0.25) is 0 Å². The fourth-order valence-electron chi connectivity index (χ4n) is 4.29. The summed E-state index contributed by atoms with van der Waals surface area (Å²) >= 11 is 8.13. The van der Waals surface area contributed by atoms with Crippen LogP contribution in [-0.2, 0) is 4.74 Å². The van der Waals surface area contributed by atoms with Crippen molar-refractivity contribution >= 4 is 40.1 Å². The van der Waals surface area contributed by atoms with Gasteiger partial charge in [0, 0.05) is 43.1 Å². The van der Waals surface area contributed by atoms with Crippen molar-refractivity contribution in [2.24, 2.45) is 16.8 Å². The lowest BCUT2D eigenvalue weighted by Gasteiger charge is -2.27. The third-order valence-electron chi connectivity index (χ3n) is 6.40. The maximum Gasteiger partial charge on any atom is 0.183 e. The molecule has 1 saturated carbocycles. The number of hydrogen-bond acceptors (Lipinski definition) is 7. The van der Waals surface area contributed by atoms with Crippen LogP contribution in [-0.4, -0.2) is 49.0 Å². The van der Waals surface area contributed by atoms with Gasteiger partial charge in [-0.3, -0.25) is 4.99 Å². The van der Waals surface area contributed by atoms with E-state index in [1.54, 1.807) is 24.6 Å². The van der Waals surface area contributed by atoms with Gasteiger partial charge in [0.1, 0.15) is 5.82 Å². The minimum Gasteiger partial charge on any atom is -0.383 e. The Balaban J connectivity index is 1.51. The molecule has 2 N–H and O–H groups in total. The monoisotopic (exact) mass is 505 g/mol. The van der Waals surface area contributed by atoms with Gasteiger partial charge in [0.25, 0.3) is 0 Å². The quantitative estimate of drug-likeness (QED) is 0.210. The van der Waals surface area contributed by atoms with Gasteiger partial charge in [-0.1, -0.05) is 44.7 Å². The molecule has 1 atom stereocenters. The van der Waals surface area contributed by atoms with Crippen molar-refractivity contribution in [3.05, 3.63) is 22.7 Å². The normalized spacial score (nSPS) is 19.4. The summed E-state index contributed by atoms with van der Waals surface area (Å²) in [4.78, 5) is 13.8. The molecular weight excluding hydrogens is 466 g/mol. The number of unbranched alkanes of at least 4 members (excludes halogenated alkanes) is 2. The van der Waals surface area contributed by atoms with E-state index in [1.165, 1.54) is 25.7 Å². The molecule has 34 heavy (non-hydrogen) atoms. The molecule has 2 aromatic rings. The number of pyridine rings is 1. The number of halogens is 1. The summed E-state index contributed by atoms with van der Waals surface area (Å²) in [6.07, 6.45) is 13.5. The number of rotatable bonds is 14. The minimum atomic E-state index is 0.423. The average molecular weight is 506 g/mol. The lowest BCUT2D eigenvalue weighted by molar-refractivity contribution is 0.208. The lowest BCUT2D eigenvalue weighted by atomic mass is 9.87. The summed E-state index contributed by atoms with van der Waals surface area (Å²) in [5.41, 5.74) is 1.83. The molecule has 0 aliphatic heterocycles. The molecule has 1 aliphatic carbocycles. The number of nitrogens with one attached hydrogen (secondary N) is 2. The van der Waals surface area contributed by atoms with E-state index in [1.807, 2.05) is 6.07 Å². The summed E-state index contributed by atoms with van der Waals surface area (Å²) in [6, 6.07) is 2.46. The molecule has 3 rings (SSSR count). The van der Waals surface area contributed by atoms with Crippen molar-refractivity contribution < 1.29 is 4.74 Å². The third kappa shape index (κ3) is 8.82. The molecule has 2 heterocycles. The SMILES string of the molecule is CCCCCC(C)CNc1nc(-c2cc(NC3CCC(C=NCCOC)CC3)ncc2Cl)cs1. The van der Waals surface area contributed by atoms with Gasteiger partial charge in [-0.25, -0.2) is 9.97 Å². The van der Waals surface area contributed by atoms with Gasteiger partial charge < -0.3 is 15.4 Å². The molecule has 0 radical (unpaired) electrons. The summed E-state index contributed by atoms with van der Waals surface area (Å²) in [6.45, 7) is 6.94. The molecular formula is C26H40ClN5OS. The number of ether oxygens (including phenoxy) is 1. The van der Waals surface area contributed by atoms with Gasteiger partial charge in [0.05, 0.1) is 23.9 Å². The highest BCUT2D eigenvalue weighted by atomic mass is 35.5. The molecule has 188 valence electrons. The van der Waals surface area contributed by atoms with Crippen LogP contribution in [0.3, 0.4) is 0 Å². The summed E-state index contributed by atoms with van der Waals surface area (Å²) < 4.78 is 5.06. The number of hydrogen-bond donors (Lipinski definition) is 2. The molecule has 1 fully saturated rings. The van der Waals surface area contributed by atoms with Crippen LogP contribution in [0.15, 0.2) is 22.6 Å². The Hall–Kier alpha value is -1.70. The molecule has 1 aliphatic rings. The summed E-state index contributed by atoms with van der Waals surface area (Å²) in [5.74, 6) is 2.08. The number of nitrogens with zero attached hydrogens (tertiary/aromatic N) is 3. The maximum atomic E-state index is 6.50. The molecule has 0 spiro atoms. The number of thiazole rings is 1. The van der Waals surface area contributed by atoms with E-state index in [0.717, 1.165) is 61.0 Å². The topological polar surface area (TPSA) is 71.4 Å². The second-order valence-electron chi connectivity index (χ2n) is 9.37. The van der Waals surface area contributed by atoms with Crippen molar-refractivity contribution in [2.45, 2.75) is 71.3 Å². The van der Waals surface area contributed by atoms with Gasteiger partial charge in [-0.15, -0.1) is 11.3 Å². The maximum absolute atomic E-state index is 6.50. The Morgan fingerprint density at radius 3 is 2.88 bits per heavy atom. The van der Waals surface area contributed by atoms with Crippen LogP contribution < -0.4 is 10.6 Å². The zero-order valence-electron chi connectivity index (χ0n) is 20.9. The average Bonchev–Trinajstić information content (AvgIpc) is 3.32. The fourth-order valence-corrected chi connectivity index (χ4v) is 5.21. The molecule has 2 aromatic heterocycles. The van der Waals surface area contributed by atoms with E-state index in [9.17, 15) is 0 Å². The number of aromatic nitrogens is 2. The molecule has 0 aromatic carbocycles. The minimum absolute atomic E-state index is 0.423. The van der Waals surface area contributed by atoms with E-state index in [2.05, 4.69) is 46.1 Å². The first-order valence-corrected chi connectivity index (χ1v) is 14.0. The Morgan fingerprint density at radius 2 is 2.12 bits per heavy atom. The Bertz CT molecular complexity index is 882. The molecule has 1 unspecified atom stereocenters. The van der Waals surface area contributed by atoms with E-state index in [0.29, 0.717) is 29.5 Å². The zero-order chi connectivity index (χ0) is 24.2. The number of aliphatic imine (C=N–C) groups is 1. The third-order valence-corrected chi connectivity index (χ3v) is 7.50. The fraction of sp³-hybridized carbons (Fsp3) is 0.654. The van der Waals surface area contributed by atoms with Crippen LogP contribution in [0.5, 0.6) is 0 Å². The Labute approximate surface area is 214 Å². The van der Waals surface area contributed by atoms with Crippen LogP contribution in [0.2, 0.25) is 5.02 Å². The standard InChI is InChI=1S/C26H40ClN5OS/c1-4-5-6-7-19(2)15-30-26-32-24(18-34-26)22-14-25(29-17-23(22)27)31-21-10-8-20(9-11-21)16-28-12-13-33-3/h14,16-21H,4-13,15H2,1-3H3,(H,29,31)(H,30,32). The first-order valence-electron chi connectivity index (χ1n) is 12.7. The van der Waals surface area contributed by atoms with Crippen LogP contribution in [0.1, 0.15) is 65.2 Å². The van der Waals surface area contributed by atoms with Crippen LogP contribution in [0.4, 0.5) is 10.9 Å². The molecule has 0 saturated heterocycles. The zero-order valence-corrected chi connectivity index (χ0v) is 22.4. The molecule has 6 nitrogen and oxygen atoms in total. The van der Waals surface area contributed by atoms with Gasteiger partial charge in [0.15, 0.2) is 5.13 Å². The Morgan fingerprint density at radius 1 is 1.29 bits per heavy atom. The van der Waals surface area contributed by atoms with Crippen LogP contribution in [0.25, 0.3) is 11.3 Å². The predicted octanol–water partition coefficient (Wildman–Crippen LogP) is 7.17. The van der Waals surface area contributed by atoms with Crippen molar-refractivity contribution in [3.8, 4) is 11.3 Å². The Kier molecular flexibility index (Phi) is 11.6. The molecule has 0 amide bonds. The van der Waals surface area contributed by atoms with E-state index in [-0.39, 0.29) is 0 Å². The first-order chi connectivity index (χ1) is 16.6. The van der Waals surface area contributed by atoms with Crippen molar-refractivity contribution in [3.63, 3.8) is 0 Å². The van der Waals surface area contributed by atoms with E-state index in [4.69, 9.17) is 21.3 Å². The van der Waals surface area contributed by atoms with Crippen molar-refractivity contribution in [1.82, 2.24) is 9.97 Å². The second-order valence-corrected chi connectivity index (χ2v) is 10.6. The second kappa shape index (κ2) is 14.6. The first kappa shape index (κ1) is 26.9. The molecule has 0 bridgehead atoms. The lowest BCUT2D eigenvalue weighted by Crippen LogP contribution is -2.27. The van der Waals surface area contributed by atoms with E-state index < -0.39 is 0 Å². The predicted molar refractivity (Wildman–Crippen MR) is 147 cm³/mol. The van der Waals surface area contributed by atoms with Gasteiger partial charge >= 0.3 is 0 Å². The van der Waals surface area contributed by atoms with Gasteiger partial charge in [-0.05, 0) is 50.0 Å². The molecule has 8 heteroatoms. The van der Waals surface area contributed by atoms with E-state index >= 15 is 0 Å². The smallest absolute Gasteiger partial charge is 0.183 e. The van der Waals surface area contributed by atoms with Gasteiger partial charge in [-0.2, -0.15) is 0 Å². The highest BCUT2D eigenvalue weighted by molar-refractivity contribution is 7.14. The van der Waals surface area contributed by atoms with Crippen molar-refractivity contribution in [1.29, 1.82) is 0 Å². The largest absolute Gasteiger partial charge is 0.383 e.